The van der Waals surface area contributed by atoms with Gasteiger partial charge in [0.1, 0.15) is 11.6 Å². The van der Waals surface area contributed by atoms with Crippen molar-refractivity contribution in [3.8, 4) is 0 Å². The van der Waals surface area contributed by atoms with E-state index in [9.17, 15) is 8.78 Å². The molecule has 0 saturated carbocycles. The fourth-order valence-electron chi connectivity index (χ4n) is 3.11. The van der Waals surface area contributed by atoms with Crippen LogP contribution in [0.15, 0.2) is 29.6 Å². The van der Waals surface area contributed by atoms with Crippen LogP contribution in [-0.4, -0.2) is 6.04 Å². The number of rotatable bonds is 3. The van der Waals surface area contributed by atoms with Crippen LogP contribution < -0.4 is 5.73 Å². The number of hydrogen-bond donors (Lipinski definition) is 1. The first-order valence-corrected chi connectivity index (χ1v) is 7.78. The second kappa shape index (κ2) is 5.62. The fourth-order valence-corrected chi connectivity index (χ4v) is 4.11. The average molecular weight is 293 g/mol. The highest BCUT2D eigenvalue weighted by atomic mass is 32.1. The van der Waals surface area contributed by atoms with Gasteiger partial charge in [-0.15, -0.1) is 11.3 Å². The molecule has 2 unspecified atom stereocenters. The Bertz CT molecular complexity index is 588. The van der Waals surface area contributed by atoms with E-state index in [4.69, 9.17) is 5.73 Å². The number of hydrogen-bond acceptors (Lipinski definition) is 2. The zero-order valence-electron chi connectivity index (χ0n) is 11.1. The molecule has 1 aliphatic carbocycles. The summed E-state index contributed by atoms with van der Waals surface area (Å²) in [5.74, 6) is -0.768. The Balaban J connectivity index is 1.79. The van der Waals surface area contributed by atoms with E-state index in [2.05, 4.69) is 11.4 Å². The molecule has 20 heavy (non-hydrogen) atoms. The molecule has 0 spiro atoms. The molecule has 0 bridgehead atoms. The summed E-state index contributed by atoms with van der Waals surface area (Å²) in [6, 6.07) is 5.70. The third-order valence-electron chi connectivity index (χ3n) is 4.01. The van der Waals surface area contributed by atoms with Crippen molar-refractivity contribution in [1.29, 1.82) is 0 Å². The van der Waals surface area contributed by atoms with Gasteiger partial charge in [-0.1, -0.05) is 0 Å². The molecule has 0 amide bonds. The minimum Gasteiger partial charge on any atom is -0.327 e. The SMILES string of the molecule is NC(Cc1cc(F)cc(F)c1)C1CCCc2sccc21. The summed E-state index contributed by atoms with van der Waals surface area (Å²) in [6.45, 7) is 0. The van der Waals surface area contributed by atoms with Crippen molar-refractivity contribution in [3.63, 3.8) is 0 Å². The van der Waals surface area contributed by atoms with Crippen LogP contribution in [0.3, 0.4) is 0 Å². The zero-order valence-corrected chi connectivity index (χ0v) is 11.9. The third-order valence-corrected chi connectivity index (χ3v) is 5.01. The second-order valence-corrected chi connectivity index (χ2v) is 6.44. The van der Waals surface area contributed by atoms with Gasteiger partial charge in [0.2, 0.25) is 0 Å². The van der Waals surface area contributed by atoms with E-state index in [1.165, 1.54) is 22.6 Å². The van der Waals surface area contributed by atoms with Crippen LogP contribution in [0, 0.1) is 11.6 Å². The molecule has 1 aromatic carbocycles. The van der Waals surface area contributed by atoms with Gasteiger partial charge in [-0.2, -0.15) is 0 Å². The lowest BCUT2D eigenvalue weighted by molar-refractivity contribution is 0.462. The zero-order chi connectivity index (χ0) is 14.1. The predicted molar refractivity (Wildman–Crippen MR) is 78.0 cm³/mol. The summed E-state index contributed by atoms with van der Waals surface area (Å²) in [7, 11) is 0. The molecule has 1 aliphatic rings. The standard InChI is InChI=1S/C16H17F2NS/c17-11-6-10(7-12(18)9-11)8-15(19)13-2-1-3-16-14(13)4-5-20-16/h4-7,9,13,15H,1-3,8,19H2. The minimum atomic E-state index is -0.535. The largest absolute Gasteiger partial charge is 0.327 e. The molecule has 1 heterocycles. The monoisotopic (exact) mass is 293 g/mol. The van der Waals surface area contributed by atoms with E-state index < -0.39 is 11.6 Å². The summed E-state index contributed by atoms with van der Waals surface area (Å²) in [4.78, 5) is 1.42. The first-order chi connectivity index (χ1) is 9.63. The first-order valence-electron chi connectivity index (χ1n) is 6.90. The molecule has 0 radical (unpaired) electrons. The molecule has 0 saturated heterocycles. The van der Waals surface area contributed by atoms with Gasteiger partial charge in [-0.05, 0) is 60.4 Å². The second-order valence-electron chi connectivity index (χ2n) is 5.44. The molecule has 2 atom stereocenters. The molecule has 2 N–H and O–H groups in total. The predicted octanol–water partition coefficient (Wildman–Crippen LogP) is 4.02. The van der Waals surface area contributed by atoms with Gasteiger partial charge in [-0.25, -0.2) is 8.78 Å². The van der Waals surface area contributed by atoms with Gasteiger partial charge >= 0.3 is 0 Å². The first kappa shape index (κ1) is 13.7. The Morgan fingerprint density at radius 3 is 2.75 bits per heavy atom. The minimum absolute atomic E-state index is 0.0927. The van der Waals surface area contributed by atoms with Gasteiger partial charge in [-0.3, -0.25) is 0 Å². The molecule has 4 heteroatoms. The number of benzene rings is 1. The van der Waals surface area contributed by atoms with Gasteiger partial charge in [0.15, 0.2) is 0 Å². The molecule has 1 aromatic heterocycles. The van der Waals surface area contributed by atoms with Crippen molar-refractivity contribution in [2.75, 3.05) is 0 Å². The molecule has 2 aromatic rings. The normalized spacial score (nSPS) is 19.6. The van der Waals surface area contributed by atoms with Crippen LogP contribution in [0.4, 0.5) is 8.78 Å². The Labute approximate surface area is 121 Å². The molecular formula is C16H17F2NS. The summed E-state index contributed by atoms with van der Waals surface area (Å²) in [5, 5.41) is 2.11. The van der Waals surface area contributed by atoms with E-state index in [0.29, 0.717) is 17.9 Å². The van der Waals surface area contributed by atoms with E-state index in [1.807, 2.05) is 0 Å². The van der Waals surface area contributed by atoms with E-state index in [1.54, 1.807) is 11.3 Å². The molecular weight excluding hydrogens is 276 g/mol. The Morgan fingerprint density at radius 2 is 2.00 bits per heavy atom. The molecule has 106 valence electrons. The number of halogens is 2. The Hall–Kier alpha value is -1.26. The van der Waals surface area contributed by atoms with Crippen molar-refractivity contribution in [3.05, 3.63) is 57.3 Å². The molecule has 0 fully saturated rings. The molecule has 1 nitrogen and oxygen atoms in total. The van der Waals surface area contributed by atoms with Crippen LogP contribution >= 0.6 is 11.3 Å². The average Bonchev–Trinajstić information content (AvgIpc) is 2.85. The lowest BCUT2D eigenvalue weighted by atomic mass is 9.81. The van der Waals surface area contributed by atoms with Gasteiger partial charge < -0.3 is 5.73 Å². The summed E-state index contributed by atoms with van der Waals surface area (Å²) in [5.41, 5.74) is 8.29. The van der Waals surface area contributed by atoms with Gasteiger partial charge in [0.05, 0.1) is 0 Å². The lowest BCUT2D eigenvalue weighted by Crippen LogP contribution is -2.32. The van der Waals surface area contributed by atoms with Crippen molar-refractivity contribution in [2.24, 2.45) is 5.73 Å². The number of thiophene rings is 1. The maximum atomic E-state index is 13.2. The van der Waals surface area contributed by atoms with Crippen LogP contribution in [0.5, 0.6) is 0 Å². The van der Waals surface area contributed by atoms with Crippen molar-refractivity contribution < 1.29 is 8.78 Å². The maximum Gasteiger partial charge on any atom is 0.126 e. The molecule has 0 aliphatic heterocycles. The highest BCUT2D eigenvalue weighted by molar-refractivity contribution is 7.10. The Kier molecular flexibility index (Phi) is 3.85. The molecule has 3 rings (SSSR count). The van der Waals surface area contributed by atoms with Crippen LogP contribution in [-0.2, 0) is 12.8 Å². The summed E-state index contributed by atoms with van der Waals surface area (Å²) >= 11 is 1.78. The fraction of sp³-hybridized carbons (Fsp3) is 0.375. The topological polar surface area (TPSA) is 26.0 Å². The number of aryl methyl sites for hydroxylation is 1. The number of fused-ring (bicyclic) bond motifs is 1. The highest BCUT2D eigenvalue weighted by Crippen LogP contribution is 2.37. The highest BCUT2D eigenvalue weighted by Gasteiger charge is 2.26. The van der Waals surface area contributed by atoms with E-state index in [0.717, 1.165) is 25.3 Å². The van der Waals surface area contributed by atoms with Crippen LogP contribution in [0.25, 0.3) is 0 Å². The van der Waals surface area contributed by atoms with Crippen molar-refractivity contribution in [2.45, 2.75) is 37.6 Å². The van der Waals surface area contributed by atoms with Crippen LogP contribution in [0.1, 0.15) is 34.8 Å². The summed E-state index contributed by atoms with van der Waals surface area (Å²) < 4.78 is 26.5. The lowest BCUT2D eigenvalue weighted by Gasteiger charge is -2.28. The van der Waals surface area contributed by atoms with Crippen LogP contribution in [0.2, 0.25) is 0 Å². The maximum absolute atomic E-state index is 13.2. The smallest absolute Gasteiger partial charge is 0.126 e. The van der Waals surface area contributed by atoms with Crippen molar-refractivity contribution in [1.82, 2.24) is 0 Å². The van der Waals surface area contributed by atoms with Crippen molar-refractivity contribution >= 4 is 11.3 Å². The third kappa shape index (κ3) is 2.76. The van der Waals surface area contributed by atoms with Gasteiger partial charge in [0.25, 0.3) is 0 Å². The quantitative estimate of drug-likeness (QED) is 0.909. The van der Waals surface area contributed by atoms with E-state index in [-0.39, 0.29) is 6.04 Å². The van der Waals surface area contributed by atoms with E-state index >= 15 is 0 Å². The number of nitrogens with two attached hydrogens (primary N) is 1. The summed E-state index contributed by atoms with van der Waals surface area (Å²) in [6.07, 6.45) is 3.84. The Morgan fingerprint density at radius 1 is 1.25 bits per heavy atom. The van der Waals surface area contributed by atoms with Gasteiger partial charge in [0, 0.05) is 22.9 Å².